The van der Waals surface area contributed by atoms with Crippen LogP contribution >= 0.6 is 0 Å². The molecule has 4 unspecified atom stereocenters. The standard InChI is InChI=1S/C21H30N2O3S/c1-13-10-15-11-17(6-7-18(15)23(13)14(2)24)27(25,26)22-19-12-16-8-9-21(19,5)20(16,3)4/h6-7,11,13,16,19,22H,8-10,12H2,1-5H3. The number of rotatable bonds is 3. The fourth-order valence-corrected chi connectivity index (χ4v) is 7.30. The van der Waals surface area contributed by atoms with E-state index >= 15 is 0 Å². The maximum atomic E-state index is 13.1. The zero-order valence-electron chi connectivity index (χ0n) is 16.9. The summed E-state index contributed by atoms with van der Waals surface area (Å²) >= 11 is 0. The number of fused-ring (bicyclic) bond motifs is 3. The molecule has 2 bridgehead atoms. The number of nitrogens with one attached hydrogen (secondary N) is 1. The van der Waals surface area contributed by atoms with Gasteiger partial charge in [0, 0.05) is 24.7 Å². The van der Waals surface area contributed by atoms with Crippen molar-refractivity contribution in [1.82, 2.24) is 4.72 Å². The lowest BCUT2D eigenvalue weighted by molar-refractivity contribution is -0.116. The third kappa shape index (κ3) is 2.59. The monoisotopic (exact) mass is 390 g/mol. The van der Waals surface area contributed by atoms with E-state index < -0.39 is 10.0 Å². The molecule has 0 spiro atoms. The SMILES string of the molecule is CC(=O)N1c2ccc(S(=O)(=O)NC3CC4CCC3(C)C4(C)C)cc2CC1C. The maximum Gasteiger partial charge on any atom is 0.240 e. The van der Waals surface area contributed by atoms with Crippen molar-refractivity contribution < 1.29 is 13.2 Å². The lowest BCUT2D eigenvalue weighted by Crippen LogP contribution is -2.46. The smallest absolute Gasteiger partial charge is 0.240 e. The van der Waals surface area contributed by atoms with Crippen LogP contribution in [-0.4, -0.2) is 26.4 Å². The quantitative estimate of drug-likeness (QED) is 0.859. The molecule has 1 heterocycles. The van der Waals surface area contributed by atoms with Gasteiger partial charge in [0.2, 0.25) is 15.9 Å². The molecule has 3 aliphatic rings. The molecule has 148 valence electrons. The first-order valence-corrected chi connectivity index (χ1v) is 11.4. The number of anilines is 1. The van der Waals surface area contributed by atoms with Crippen LogP contribution in [0.2, 0.25) is 0 Å². The van der Waals surface area contributed by atoms with E-state index in [4.69, 9.17) is 0 Å². The zero-order valence-corrected chi connectivity index (χ0v) is 17.7. The van der Waals surface area contributed by atoms with Crippen molar-refractivity contribution in [2.75, 3.05) is 4.90 Å². The van der Waals surface area contributed by atoms with E-state index in [9.17, 15) is 13.2 Å². The first-order chi connectivity index (χ1) is 12.5. The Kier molecular flexibility index (Phi) is 4.07. The molecule has 1 amide bonds. The number of benzene rings is 1. The minimum Gasteiger partial charge on any atom is -0.309 e. The second kappa shape index (κ2) is 5.80. The Hall–Kier alpha value is -1.40. The lowest BCUT2D eigenvalue weighted by Gasteiger charge is -2.39. The van der Waals surface area contributed by atoms with Crippen molar-refractivity contribution in [2.45, 2.75) is 77.3 Å². The predicted molar refractivity (Wildman–Crippen MR) is 106 cm³/mol. The van der Waals surface area contributed by atoms with Crippen LogP contribution in [0.5, 0.6) is 0 Å². The Morgan fingerprint density at radius 2 is 1.96 bits per heavy atom. The first-order valence-electron chi connectivity index (χ1n) is 9.92. The number of hydrogen-bond donors (Lipinski definition) is 1. The van der Waals surface area contributed by atoms with E-state index in [1.807, 2.05) is 6.92 Å². The van der Waals surface area contributed by atoms with Crippen LogP contribution in [0.3, 0.4) is 0 Å². The summed E-state index contributed by atoms with van der Waals surface area (Å²) in [5, 5.41) is 0. The third-order valence-corrected chi connectivity index (χ3v) is 9.48. The molecule has 6 heteroatoms. The van der Waals surface area contributed by atoms with Gasteiger partial charge in [0.1, 0.15) is 0 Å². The normalized spacial score (nSPS) is 34.1. The Bertz CT molecular complexity index is 908. The van der Waals surface area contributed by atoms with Gasteiger partial charge in [-0.15, -0.1) is 0 Å². The predicted octanol–water partition coefficient (Wildman–Crippen LogP) is 3.48. The summed E-state index contributed by atoms with van der Waals surface area (Å²) in [4.78, 5) is 14.0. The Morgan fingerprint density at radius 3 is 2.52 bits per heavy atom. The Morgan fingerprint density at radius 1 is 1.26 bits per heavy atom. The fraction of sp³-hybridized carbons (Fsp3) is 0.667. The summed E-state index contributed by atoms with van der Waals surface area (Å²) in [5.41, 5.74) is 1.93. The average molecular weight is 391 g/mol. The minimum absolute atomic E-state index is 0.00140. The molecule has 2 aliphatic carbocycles. The van der Waals surface area contributed by atoms with Crippen LogP contribution in [-0.2, 0) is 21.2 Å². The lowest BCUT2D eigenvalue weighted by atomic mass is 9.69. The van der Waals surface area contributed by atoms with Crippen molar-refractivity contribution in [3.63, 3.8) is 0 Å². The Labute approximate surface area is 162 Å². The molecule has 1 N–H and O–H groups in total. The van der Waals surface area contributed by atoms with Gasteiger partial charge in [-0.05, 0) is 73.1 Å². The molecule has 2 saturated carbocycles. The van der Waals surface area contributed by atoms with Crippen molar-refractivity contribution >= 4 is 21.6 Å². The zero-order chi connectivity index (χ0) is 19.8. The van der Waals surface area contributed by atoms with E-state index in [0.29, 0.717) is 17.2 Å². The van der Waals surface area contributed by atoms with Gasteiger partial charge < -0.3 is 4.90 Å². The van der Waals surface area contributed by atoms with Gasteiger partial charge in [0.05, 0.1) is 4.90 Å². The summed E-state index contributed by atoms with van der Waals surface area (Å²) in [6, 6.07) is 5.21. The summed E-state index contributed by atoms with van der Waals surface area (Å²) in [7, 11) is -3.58. The van der Waals surface area contributed by atoms with E-state index in [1.165, 1.54) is 6.42 Å². The number of sulfonamides is 1. The van der Waals surface area contributed by atoms with Crippen molar-refractivity contribution in [1.29, 1.82) is 0 Å². The topological polar surface area (TPSA) is 66.5 Å². The molecular weight excluding hydrogens is 360 g/mol. The number of hydrogen-bond acceptors (Lipinski definition) is 3. The van der Waals surface area contributed by atoms with Crippen LogP contribution in [0, 0.1) is 16.7 Å². The summed E-state index contributed by atoms with van der Waals surface area (Å²) < 4.78 is 29.3. The minimum atomic E-state index is -3.58. The van der Waals surface area contributed by atoms with Gasteiger partial charge >= 0.3 is 0 Å². The molecule has 2 fully saturated rings. The van der Waals surface area contributed by atoms with E-state index in [0.717, 1.165) is 24.1 Å². The average Bonchev–Trinajstić information content (AvgIpc) is 3.07. The van der Waals surface area contributed by atoms with Crippen LogP contribution < -0.4 is 9.62 Å². The van der Waals surface area contributed by atoms with Crippen LogP contribution in [0.1, 0.15) is 59.4 Å². The van der Waals surface area contributed by atoms with Crippen LogP contribution in [0.15, 0.2) is 23.1 Å². The molecule has 1 aromatic carbocycles. The van der Waals surface area contributed by atoms with E-state index in [2.05, 4.69) is 25.5 Å². The van der Waals surface area contributed by atoms with Gasteiger partial charge in [0.15, 0.2) is 0 Å². The highest BCUT2D eigenvalue weighted by molar-refractivity contribution is 7.89. The van der Waals surface area contributed by atoms with Crippen molar-refractivity contribution in [2.24, 2.45) is 16.7 Å². The number of nitrogens with zero attached hydrogens (tertiary/aromatic N) is 1. The van der Waals surface area contributed by atoms with E-state index in [1.54, 1.807) is 30.0 Å². The second-order valence-corrected chi connectivity index (χ2v) is 11.2. The van der Waals surface area contributed by atoms with E-state index in [-0.39, 0.29) is 28.8 Å². The third-order valence-electron chi connectivity index (χ3n) is 8.01. The first kappa shape index (κ1) is 18.9. The highest BCUT2D eigenvalue weighted by Crippen LogP contribution is 2.65. The van der Waals surface area contributed by atoms with Crippen molar-refractivity contribution in [3.8, 4) is 0 Å². The van der Waals surface area contributed by atoms with Crippen molar-refractivity contribution in [3.05, 3.63) is 23.8 Å². The van der Waals surface area contributed by atoms with Gasteiger partial charge in [-0.25, -0.2) is 13.1 Å². The fourth-order valence-electron chi connectivity index (χ4n) is 5.89. The van der Waals surface area contributed by atoms with Crippen LogP contribution in [0.4, 0.5) is 5.69 Å². The molecule has 27 heavy (non-hydrogen) atoms. The van der Waals surface area contributed by atoms with Crippen LogP contribution in [0.25, 0.3) is 0 Å². The molecule has 1 aromatic rings. The molecule has 0 aromatic heterocycles. The number of carbonyl (C=O) groups excluding carboxylic acids is 1. The van der Waals surface area contributed by atoms with Gasteiger partial charge in [0.25, 0.3) is 0 Å². The summed E-state index contributed by atoms with van der Waals surface area (Å²) in [6.45, 7) is 10.3. The largest absolute Gasteiger partial charge is 0.309 e. The second-order valence-electron chi connectivity index (χ2n) is 9.52. The molecule has 4 atom stereocenters. The number of amides is 1. The highest BCUT2D eigenvalue weighted by Gasteiger charge is 2.61. The molecular formula is C21H30N2O3S. The maximum absolute atomic E-state index is 13.1. The van der Waals surface area contributed by atoms with Gasteiger partial charge in [-0.2, -0.15) is 0 Å². The summed E-state index contributed by atoms with van der Waals surface area (Å²) in [6.07, 6.45) is 3.88. The number of carbonyl (C=O) groups is 1. The Balaban J connectivity index is 1.61. The van der Waals surface area contributed by atoms with Gasteiger partial charge in [-0.3, -0.25) is 4.79 Å². The highest BCUT2D eigenvalue weighted by atomic mass is 32.2. The molecule has 0 radical (unpaired) electrons. The molecule has 0 saturated heterocycles. The van der Waals surface area contributed by atoms with Gasteiger partial charge in [-0.1, -0.05) is 20.8 Å². The summed E-state index contributed by atoms with van der Waals surface area (Å²) in [5.74, 6) is 0.576. The molecule has 5 nitrogen and oxygen atoms in total. The molecule has 4 rings (SSSR count). The molecule has 1 aliphatic heterocycles.